The highest BCUT2D eigenvalue weighted by Crippen LogP contribution is 2.30. The Hall–Kier alpha value is -1.26. The minimum absolute atomic E-state index is 0.0461. The van der Waals surface area contributed by atoms with Gasteiger partial charge in [-0.05, 0) is 26.3 Å². The highest BCUT2D eigenvalue weighted by Gasteiger charge is 2.36. The van der Waals surface area contributed by atoms with Crippen LogP contribution >= 0.6 is 0 Å². The van der Waals surface area contributed by atoms with E-state index in [1.54, 1.807) is 12.1 Å². The lowest BCUT2D eigenvalue weighted by atomic mass is 9.94. The molecule has 0 saturated carbocycles. The van der Waals surface area contributed by atoms with Crippen LogP contribution in [0.1, 0.15) is 25.8 Å². The van der Waals surface area contributed by atoms with Crippen molar-refractivity contribution in [2.24, 2.45) is 0 Å². The zero-order valence-electron chi connectivity index (χ0n) is 10.2. The van der Waals surface area contributed by atoms with E-state index in [-0.39, 0.29) is 23.1 Å². The van der Waals surface area contributed by atoms with E-state index in [4.69, 9.17) is 4.74 Å². The fourth-order valence-electron chi connectivity index (χ4n) is 2.08. The predicted octanol–water partition coefficient (Wildman–Crippen LogP) is 1.75. The van der Waals surface area contributed by atoms with E-state index in [0.717, 1.165) is 13.0 Å². The summed E-state index contributed by atoms with van der Waals surface area (Å²) < 4.78 is 5.54. The van der Waals surface area contributed by atoms with Crippen LogP contribution in [0.2, 0.25) is 0 Å². The Balaban J connectivity index is 2.05. The zero-order chi connectivity index (χ0) is 12.5. The second-order valence-electron chi connectivity index (χ2n) is 4.82. The SMILES string of the molecule is CC1OCCC1(C)NCc1cccc(O)c1O. The summed E-state index contributed by atoms with van der Waals surface area (Å²) >= 11 is 0. The van der Waals surface area contributed by atoms with Gasteiger partial charge in [0.05, 0.1) is 6.10 Å². The standard InChI is InChI=1S/C13H19NO3/c1-9-13(2,6-7-17-9)14-8-10-4-3-5-11(15)12(10)16/h3-5,9,14-16H,6-8H2,1-2H3. The highest BCUT2D eigenvalue weighted by molar-refractivity contribution is 5.44. The van der Waals surface area contributed by atoms with E-state index >= 15 is 0 Å². The van der Waals surface area contributed by atoms with Crippen LogP contribution in [0.25, 0.3) is 0 Å². The van der Waals surface area contributed by atoms with Crippen LogP contribution in [0.5, 0.6) is 11.5 Å². The molecule has 1 aliphatic heterocycles. The maximum Gasteiger partial charge on any atom is 0.161 e. The maximum atomic E-state index is 9.70. The summed E-state index contributed by atoms with van der Waals surface area (Å²) in [5, 5.41) is 22.5. The number of para-hydroxylation sites is 1. The number of rotatable bonds is 3. The summed E-state index contributed by atoms with van der Waals surface area (Å²) in [6.45, 7) is 5.44. The lowest BCUT2D eigenvalue weighted by Crippen LogP contribution is -2.47. The lowest BCUT2D eigenvalue weighted by molar-refractivity contribution is 0.0880. The number of phenolic OH excluding ortho intramolecular Hbond substituents is 2. The van der Waals surface area contributed by atoms with Gasteiger partial charge in [-0.2, -0.15) is 0 Å². The van der Waals surface area contributed by atoms with Crippen molar-refractivity contribution < 1.29 is 14.9 Å². The molecule has 3 N–H and O–H groups in total. The fourth-order valence-corrected chi connectivity index (χ4v) is 2.08. The average Bonchev–Trinajstić information content (AvgIpc) is 2.62. The first-order valence-corrected chi connectivity index (χ1v) is 5.89. The Labute approximate surface area is 101 Å². The Morgan fingerprint density at radius 2 is 2.24 bits per heavy atom. The van der Waals surface area contributed by atoms with E-state index in [1.165, 1.54) is 6.07 Å². The Bertz CT molecular complexity index is 408. The molecule has 1 aromatic carbocycles. The van der Waals surface area contributed by atoms with Gasteiger partial charge in [0.1, 0.15) is 0 Å². The van der Waals surface area contributed by atoms with Gasteiger partial charge in [0.15, 0.2) is 11.5 Å². The summed E-state index contributed by atoms with van der Waals surface area (Å²) in [5.74, 6) is -0.125. The molecular formula is C13H19NO3. The third-order valence-electron chi connectivity index (χ3n) is 3.67. The van der Waals surface area contributed by atoms with Crippen LogP contribution in [-0.2, 0) is 11.3 Å². The number of nitrogens with one attached hydrogen (secondary N) is 1. The van der Waals surface area contributed by atoms with Gasteiger partial charge in [0.2, 0.25) is 0 Å². The van der Waals surface area contributed by atoms with E-state index in [9.17, 15) is 10.2 Å². The van der Waals surface area contributed by atoms with Gasteiger partial charge in [-0.25, -0.2) is 0 Å². The van der Waals surface area contributed by atoms with E-state index in [2.05, 4.69) is 12.2 Å². The Morgan fingerprint density at radius 3 is 2.88 bits per heavy atom. The molecule has 0 amide bonds. The molecule has 1 fully saturated rings. The molecule has 1 aromatic rings. The molecule has 4 nitrogen and oxygen atoms in total. The molecule has 0 bridgehead atoms. The van der Waals surface area contributed by atoms with Crippen molar-refractivity contribution in [3.05, 3.63) is 23.8 Å². The lowest BCUT2D eigenvalue weighted by Gasteiger charge is -2.29. The van der Waals surface area contributed by atoms with Crippen molar-refractivity contribution in [1.29, 1.82) is 0 Å². The monoisotopic (exact) mass is 237 g/mol. The van der Waals surface area contributed by atoms with Crippen molar-refractivity contribution in [2.45, 2.75) is 38.5 Å². The molecular weight excluding hydrogens is 218 g/mol. The minimum Gasteiger partial charge on any atom is -0.504 e. The summed E-state index contributed by atoms with van der Waals surface area (Å²) in [4.78, 5) is 0. The summed E-state index contributed by atoms with van der Waals surface area (Å²) in [6.07, 6.45) is 1.11. The third kappa shape index (κ3) is 2.37. The number of phenols is 2. The van der Waals surface area contributed by atoms with Crippen LogP contribution in [0, 0.1) is 0 Å². The highest BCUT2D eigenvalue weighted by atomic mass is 16.5. The Kier molecular flexibility index (Phi) is 3.26. The molecule has 1 heterocycles. The molecule has 0 aliphatic carbocycles. The van der Waals surface area contributed by atoms with Crippen molar-refractivity contribution in [3.63, 3.8) is 0 Å². The molecule has 0 radical (unpaired) electrons. The molecule has 0 aromatic heterocycles. The van der Waals surface area contributed by atoms with Gasteiger partial charge in [-0.3, -0.25) is 0 Å². The molecule has 2 atom stereocenters. The fraction of sp³-hybridized carbons (Fsp3) is 0.538. The quantitative estimate of drug-likeness (QED) is 0.701. The van der Waals surface area contributed by atoms with Crippen LogP contribution in [0.15, 0.2) is 18.2 Å². The molecule has 94 valence electrons. The maximum absolute atomic E-state index is 9.70. The number of hydrogen-bond acceptors (Lipinski definition) is 4. The summed E-state index contributed by atoms with van der Waals surface area (Å²) in [6, 6.07) is 5.00. The molecule has 4 heteroatoms. The number of ether oxygens (including phenoxy) is 1. The summed E-state index contributed by atoms with van der Waals surface area (Å²) in [5.41, 5.74) is 0.628. The first kappa shape index (κ1) is 12.2. The smallest absolute Gasteiger partial charge is 0.161 e. The van der Waals surface area contributed by atoms with E-state index in [1.807, 2.05) is 6.92 Å². The molecule has 0 spiro atoms. The van der Waals surface area contributed by atoms with Crippen molar-refractivity contribution in [1.82, 2.24) is 5.32 Å². The van der Waals surface area contributed by atoms with Crippen molar-refractivity contribution in [2.75, 3.05) is 6.61 Å². The number of benzene rings is 1. The average molecular weight is 237 g/mol. The molecule has 1 saturated heterocycles. The minimum atomic E-state index is -0.0785. The van der Waals surface area contributed by atoms with E-state index in [0.29, 0.717) is 12.1 Å². The topological polar surface area (TPSA) is 61.7 Å². The first-order chi connectivity index (χ1) is 8.03. The molecule has 2 rings (SSSR count). The van der Waals surface area contributed by atoms with Gasteiger partial charge < -0.3 is 20.3 Å². The summed E-state index contributed by atoms with van der Waals surface area (Å²) in [7, 11) is 0. The van der Waals surface area contributed by atoms with Crippen molar-refractivity contribution in [3.8, 4) is 11.5 Å². The van der Waals surface area contributed by atoms with Gasteiger partial charge >= 0.3 is 0 Å². The number of hydrogen-bond donors (Lipinski definition) is 3. The van der Waals surface area contributed by atoms with Crippen molar-refractivity contribution >= 4 is 0 Å². The second-order valence-corrected chi connectivity index (χ2v) is 4.82. The normalized spacial score (nSPS) is 28.5. The molecule has 17 heavy (non-hydrogen) atoms. The first-order valence-electron chi connectivity index (χ1n) is 5.89. The largest absolute Gasteiger partial charge is 0.504 e. The molecule has 1 aliphatic rings. The second kappa shape index (κ2) is 4.55. The van der Waals surface area contributed by atoms with E-state index < -0.39 is 0 Å². The van der Waals surface area contributed by atoms with Gasteiger partial charge in [-0.1, -0.05) is 12.1 Å². The van der Waals surface area contributed by atoms with Gasteiger partial charge in [-0.15, -0.1) is 0 Å². The molecule has 2 unspecified atom stereocenters. The zero-order valence-corrected chi connectivity index (χ0v) is 10.2. The van der Waals surface area contributed by atoms with Crippen LogP contribution in [0.4, 0.5) is 0 Å². The number of aromatic hydroxyl groups is 2. The van der Waals surface area contributed by atoms with Gasteiger partial charge in [0, 0.05) is 24.3 Å². The van der Waals surface area contributed by atoms with Crippen LogP contribution in [-0.4, -0.2) is 28.5 Å². The third-order valence-corrected chi connectivity index (χ3v) is 3.67. The van der Waals surface area contributed by atoms with Gasteiger partial charge in [0.25, 0.3) is 0 Å². The van der Waals surface area contributed by atoms with Crippen LogP contribution < -0.4 is 5.32 Å². The Morgan fingerprint density at radius 1 is 1.47 bits per heavy atom. The predicted molar refractivity (Wildman–Crippen MR) is 65.0 cm³/mol. The van der Waals surface area contributed by atoms with Crippen LogP contribution in [0.3, 0.4) is 0 Å².